The molecule has 3 heteroatoms. The zero-order chi connectivity index (χ0) is 15.2. The molecule has 2 N–H and O–H groups in total. The number of anilines is 1. The lowest BCUT2D eigenvalue weighted by atomic mass is 10.1. The summed E-state index contributed by atoms with van der Waals surface area (Å²) >= 11 is 0. The van der Waals surface area contributed by atoms with Gasteiger partial charge in [-0.05, 0) is 37.5 Å². The fourth-order valence-corrected chi connectivity index (χ4v) is 2.23. The van der Waals surface area contributed by atoms with Gasteiger partial charge in [0.05, 0.1) is 6.54 Å². The van der Waals surface area contributed by atoms with Crippen LogP contribution in [0.1, 0.15) is 22.3 Å². The van der Waals surface area contributed by atoms with Crippen molar-refractivity contribution in [2.75, 3.05) is 11.9 Å². The van der Waals surface area contributed by atoms with Crippen molar-refractivity contribution in [2.45, 2.75) is 27.3 Å². The molecule has 0 heterocycles. The number of benzene rings is 2. The summed E-state index contributed by atoms with van der Waals surface area (Å²) in [4.78, 5) is 11.9. The normalized spacial score (nSPS) is 10.2. The Hall–Kier alpha value is -2.29. The molecule has 0 atom stereocenters. The molecule has 1 amide bonds. The van der Waals surface area contributed by atoms with Gasteiger partial charge in [-0.1, -0.05) is 48.0 Å². The Bertz CT molecular complexity index is 597. The second-order valence-corrected chi connectivity index (χ2v) is 5.38. The van der Waals surface area contributed by atoms with Crippen LogP contribution < -0.4 is 10.6 Å². The van der Waals surface area contributed by atoms with Gasteiger partial charge in [0.15, 0.2) is 0 Å². The standard InChI is InChI=1S/C18H22N2O/c1-13-7-9-16(10-8-13)11-19-17(21)12-20-18-14(2)5-4-6-15(18)3/h4-10,20H,11-12H2,1-3H3,(H,19,21). The number of amides is 1. The van der Waals surface area contributed by atoms with E-state index in [-0.39, 0.29) is 12.5 Å². The topological polar surface area (TPSA) is 41.1 Å². The predicted molar refractivity (Wildman–Crippen MR) is 87.4 cm³/mol. The van der Waals surface area contributed by atoms with Gasteiger partial charge >= 0.3 is 0 Å². The smallest absolute Gasteiger partial charge is 0.239 e. The van der Waals surface area contributed by atoms with Gasteiger partial charge in [0.1, 0.15) is 0 Å². The maximum Gasteiger partial charge on any atom is 0.239 e. The van der Waals surface area contributed by atoms with Crippen LogP contribution in [0, 0.1) is 20.8 Å². The lowest BCUT2D eigenvalue weighted by molar-refractivity contribution is -0.119. The zero-order valence-corrected chi connectivity index (χ0v) is 12.9. The Kier molecular flexibility index (Phi) is 4.99. The van der Waals surface area contributed by atoms with Crippen molar-refractivity contribution in [3.8, 4) is 0 Å². The zero-order valence-electron chi connectivity index (χ0n) is 12.9. The summed E-state index contributed by atoms with van der Waals surface area (Å²) in [6.45, 7) is 6.99. The minimum Gasteiger partial charge on any atom is -0.376 e. The molecule has 0 aliphatic carbocycles. The number of rotatable bonds is 5. The van der Waals surface area contributed by atoms with Crippen molar-refractivity contribution in [1.29, 1.82) is 0 Å². The van der Waals surface area contributed by atoms with Crippen LogP contribution in [-0.2, 0) is 11.3 Å². The Morgan fingerprint density at radius 1 is 0.952 bits per heavy atom. The summed E-state index contributed by atoms with van der Waals surface area (Å²) in [7, 11) is 0. The van der Waals surface area contributed by atoms with E-state index in [2.05, 4.69) is 29.7 Å². The minimum absolute atomic E-state index is 0.00164. The fraction of sp³-hybridized carbons (Fsp3) is 0.278. The molecule has 2 aromatic carbocycles. The number of hydrogen-bond acceptors (Lipinski definition) is 2. The number of aryl methyl sites for hydroxylation is 3. The first kappa shape index (κ1) is 15.1. The lowest BCUT2D eigenvalue weighted by Gasteiger charge is -2.12. The molecule has 0 bridgehead atoms. The molecular formula is C18H22N2O. The second kappa shape index (κ2) is 6.93. The molecule has 0 radical (unpaired) electrons. The molecule has 0 unspecified atom stereocenters. The average molecular weight is 282 g/mol. The molecule has 2 rings (SSSR count). The number of carbonyl (C=O) groups excluding carboxylic acids is 1. The van der Waals surface area contributed by atoms with E-state index in [1.165, 1.54) is 5.56 Å². The van der Waals surface area contributed by atoms with Gasteiger partial charge in [-0.2, -0.15) is 0 Å². The lowest BCUT2D eigenvalue weighted by Crippen LogP contribution is -2.29. The van der Waals surface area contributed by atoms with E-state index in [9.17, 15) is 4.79 Å². The molecule has 0 aliphatic heterocycles. The summed E-state index contributed by atoms with van der Waals surface area (Å²) in [5.74, 6) is -0.00164. The van der Waals surface area contributed by atoms with E-state index in [1.54, 1.807) is 0 Å². The Morgan fingerprint density at radius 2 is 1.57 bits per heavy atom. The SMILES string of the molecule is Cc1ccc(CNC(=O)CNc2c(C)cccc2C)cc1. The molecule has 0 aromatic heterocycles. The molecule has 3 nitrogen and oxygen atoms in total. The molecule has 110 valence electrons. The van der Waals surface area contributed by atoms with Crippen LogP contribution >= 0.6 is 0 Å². The van der Waals surface area contributed by atoms with E-state index in [4.69, 9.17) is 0 Å². The highest BCUT2D eigenvalue weighted by atomic mass is 16.1. The van der Waals surface area contributed by atoms with Gasteiger partial charge in [0, 0.05) is 12.2 Å². The average Bonchev–Trinajstić information content (AvgIpc) is 2.46. The van der Waals surface area contributed by atoms with Crippen LogP contribution in [0.3, 0.4) is 0 Å². The third-order valence-corrected chi connectivity index (χ3v) is 3.52. The van der Waals surface area contributed by atoms with Crippen molar-refractivity contribution in [3.05, 3.63) is 64.7 Å². The Labute approximate surface area is 126 Å². The van der Waals surface area contributed by atoms with Crippen LogP contribution in [0.15, 0.2) is 42.5 Å². The number of para-hydroxylation sites is 1. The second-order valence-electron chi connectivity index (χ2n) is 5.38. The monoisotopic (exact) mass is 282 g/mol. The highest BCUT2D eigenvalue weighted by Crippen LogP contribution is 2.18. The fourth-order valence-electron chi connectivity index (χ4n) is 2.23. The summed E-state index contributed by atoms with van der Waals surface area (Å²) in [6.07, 6.45) is 0. The van der Waals surface area contributed by atoms with E-state index >= 15 is 0 Å². The van der Waals surface area contributed by atoms with Crippen LogP contribution in [0.2, 0.25) is 0 Å². The van der Waals surface area contributed by atoms with Gasteiger partial charge < -0.3 is 10.6 Å². The van der Waals surface area contributed by atoms with Crippen LogP contribution in [0.4, 0.5) is 5.69 Å². The summed E-state index contributed by atoms with van der Waals surface area (Å²) < 4.78 is 0. The first-order valence-electron chi connectivity index (χ1n) is 7.18. The maximum atomic E-state index is 11.9. The van der Waals surface area contributed by atoms with E-state index in [1.807, 2.05) is 44.2 Å². The molecule has 0 saturated heterocycles. The molecule has 21 heavy (non-hydrogen) atoms. The molecule has 0 saturated carbocycles. The molecule has 0 fully saturated rings. The van der Waals surface area contributed by atoms with Crippen LogP contribution in [-0.4, -0.2) is 12.5 Å². The van der Waals surface area contributed by atoms with Crippen LogP contribution in [0.25, 0.3) is 0 Å². The molecule has 0 spiro atoms. The molecule has 0 aliphatic rings. The van der Waals surface area contributed by atoms with Gasteiger partial charge in [0.2, 0.25) is 5.91 Å². The predicted octanol–water partition coefficient (Wildman–Crippen LogP) is 3.34. The third kappa shape index (κ3) is 4.35. The maximum absolute atomic E-state index is 11.9. The summed E-state index contributed by atoms with van der Waals surface area (Å²) in [5.41, 5.74) is 5.69. The molecule has 2 aromatic rings. The summed E-state index contributed by atoms with van der Waals surface area (Å²) in [6, 6.07) is 14.3. The third-order valence-electron chi connectivity index (χ3n) is 3.52. The van der Waals surface area contributed by atoms with Gasteiger partial charge in [-0.25, -0.2) is 0 Å². The molecular weight excluding hydrogens is 260 g/mol. The van der Waals surface area contributed by atoms with E-state index < -0.39 is 0 Å². The highest BCUT2D eigenvalue weighted by Gasteiger charge is 2.05. The van der Waals surface area contributed by atoms with Gasteiger partial charge in [-0.15, -0.1) is 0 Å². The van der Waals surface area contributed by atoms with Gasteiger partial charge in [0.25, 0.3) is 0 Å². The first-order chi connectivity index (χ1) is 10.1. The van der Waals surface area contributed by atoms with Crippen molar-refractivity contribution < 1.29 is 4.79 Å². The Balaban J connectivity index is 1.84. The summed E-state index contributed by atoms with van der Waals surface area (Å²) in [5, 5.41) is 6.14. The Morgan fingerprint density at radius 3 is 2.19 bits per heavy atom. The van der Waals surface area contributed by atoms with Crippen LogP contribution in [0.5, 0.6) is 0 Å². The number of nitrogens with one attached hydrogen (secondary N) is 2. The first-order valence-corrected chi connectivity index (χ1v) is 7.18. The van der Waals surface area contributed by atoms with E-state index in [0.29, 0.717) is 6.54 Å². The van der Waals surface area contributed by atoms with Crippen molar-refractivity contribution >= 4 is 11.6 Å². The van der Waals surface area contributed by atoms with Crippen molar-refractivity contribution in [1.82, 2.24) is 5.32 Å². The number of hydrogen-bond donors (Lipinski definition) is 2. The van der Waals surface area contributed by atoms with E-state index in [0.717, 1.165) is 22.4 Å². The number of carbonyl (C=O) groups is 1. The largest absolute Gasteiger partial charge is 0.376 e. The van der Waals surface area contributed by atoms with Crippen molar-refractivity contribution in [3.63, 3.8) is 0 Å². The van der Waals surface area contributed by atoms with Gasteiger partial charge in [-0.3, -0.25) is 4.79 Å². The van der Waals surface area contributed by atoms with Crippen molar-refractivity contribution in [2.24, 2.45) is 0 Å². The quantitative estimate of drug-likeness (QED) is 0.883. The highest BCUT2D eigenvalue weighted by molar-refractivity contribution is 5.81. The minimum atomic E-state index is -0.00164.